The fourth-order valence-electron chi connectivity index (χ4n) is 2.56. The molecule has 1 aliphatic heterocycles. The van der Waals surface area contributed by atoms with Crippen LogP contribution in [0.15, 0.2) is 18.2 Å². The van der Waals surface area contributed by atoms with Gasteiger partial charge in [0.15, 0.2) is 0 Å². The van der Waals surface area contributed by atoms with Gasteiger partial charge in [0.2, 0.25) is 0 Å². The number of nitrogens with zero attached hydrogens (tertiary/aromatic N) is 1. The largest absolute Gasteiger partial charge is 0.397 e. The molecule has 1 aliphatic rings. The molecule has 5 heteroatoms. The molecule has 1 aromatic carbocycles. The summed E-state index contributed by atoms with van der Waals surface area (Å²) in [6.07, 6.45) is -2.86. The minimum Gasteiger partial charge on any atom is -0.397 e. The van der Waals surface area contributed by atoms with Crippen LogP contribution in [0.3, 0.4) is 0 Å². The van der Waals surface area contributed by atoms with E-state index in [-0.39, 0.29) is 12.8 Å². The number of hydrogen-bond donors (Lipinski definition) is 1. The summed E-state index contributed by atoms with van der Waals surface area (Å²) in [5, 5.41) is 0. The fraction of sp³-hybridized carbons (Fsp3) is 0.571. The van der Waals surface area contributed by atoms with Crippen LogP contribution in [0.1, 0.15) is 25.3 Å². The van der Waals surface area contributed by atoms with Crippen LogP contribution in [0.4, 0.5) is 24.5 Å². The molecular weight excluding hydrogens is 253 g/mol. The monoisotopic (exact) mass is 272 g/mol. The lowest BCUT2D eigenvalue weighted by Gasteiger charge is -2.35. The van der Waals surface area contributed by atoms with E-state index in [0.29, 0.717) is 18.8 Å². The maximum Gasteiger partial charge on any atom is 0.391 e. The van der Waals surface area contributed by atoms with Gasteiger partial charge in [0.1, 0.15) is 0 Å². The number of anilines is 2. The van der Waals surface area contributed by atoms with Crippen LogP contribution in [-0.4, -0.2) is 19.3 Å². The van der Waals surface area contributed by atoms with Crippen molar-refractivity contribution in [2.75, 3.05) is 23.7 Å². The van der Waals surface area contributed by atoms with E-state index < -0.39 is 12.1 Å². The molecule has 1 saturated heterocycles. The number of aryl methyl sites for hydroxylation is 1. The van der Waals surface area contributed by atoms with Crippen LogP contribution in [0.25, 0.3) is 0 Å². The Hall–Kier alpha value is -1.39. The predicted octanol–water partition coefficient (Wildman–Crippen LogP) is 3.61. The third-order valence-corrected chi connectivity index (χ3v) is 3.80. The van der Waals surface area contributed by atoms with Gasteiger partial charge in [-0.25, -0.2) is 0 Å². The number of piperidine rings is 1. The van der Waals surface area contributed by atoms with Gasteiger partial charge in [-0.3, -0.25) is 0 Å². The Kier molecular flexibility index (Phi) is 3.92. The van der Waals surface area contributed by atoms with Gasteiger partial charge in [0.05, 0.1) is 17.3 Å². The zero-order chi connectivity index (χ0) is 14.0. The first-order valence-corrected chi connectivity index (χ1v) is 6.62. The molecule has 0 aromatic heterocycles. The Morgan fingerprint density at radius 2 is 1.89 bits per heavy atom. The highest BCUT2D eigenvalue weighted by atomic mass is 19.4. The zero-order valence-corrected chi connectivity index (χ0v) is 11.0. The van der Waals surface area contributed by atoms with Gasteiger partial charge in [-0.05, 0) is 37.0 Å². The summed E-state index contributed by atoms with van der Waals surface area (Å²) < 4.78 is 37.8. The molecular formula is C14H19F3N2. The lowest BCUT2D eigenvalue weighted by Crippen LogP contribution is -2.39. The van der Waals surface area contributed by atoms with Gasteiger partial charge < -0.3 is 10.6 Å². The molecule has 0 bridgehead atoms. The maximum absolute atomic E-state index is 12.6. The maximum atomic E-state index is 12.6. The van der Waals surface area contributed by atoms with Gasteiger partial charge in [-0.2, -0.15) is 13.2 Å². The van der Waals surface area contributed by atoms with Crippen molar-refractivity contribution >= 4 is 11.4 Å². The third-order valence-electron chi connectivity index (χ3n) is 3.80. The van der Waals surface area contributed by atoms with Crippen molar-refractivity contribution in [2.45, 2.75) is 32.4 Å². The minimum atomic E-state index is -4.07. The Morgan fingerprint density at radius 3 is 2.37 bits per heavy atom. The zero-order valence-electron chi connectivity index (χ0n) is 11.0. The summed E-state index contributed by atoms with van der Waals surface area (Å²) in [6.45, 7) is 2.88. The van der Waals surface area contributed by atoms with Crippen molar-refractivity contribution in [1.29, 1.82) is 0 Å². The third kappa shape index (κ3) is 3.14. The van der Waals surface area contributed by atoms with Crippen LogP contribution in [-0.2, 0) is 6.42 Å². The number of alkyl halides is 3. The van der Waals surface area contributed by atoms with E-state index in [2.05, 4.69) is 0 Å². The molecule has 0 radical (unpaired) electrons. The molecule has 2 N–H and O–H groups in total. The minimum absolute atomic E-state index is 0.151. The van der Waals surface area contributed by atoms with Crippen molar-refractivity contribution in [2.24, 2.45) is 5.92 Å². The number of nitrogen functional groups attached to an aromatic ring is 1. The van der Waals surface area contributed by atoms with Crippen LogP contribution in [0, 0.1) is 5.92 Å². The van der Waals surface area contributed by atoms with Gasteiger partial charge in [0.25, 0.3) is 0 Å². The van der Waals surface area contributed by atoms with Crippen LogP contribution >= 0.6 is 0 Å². The molecule has 0 amide bonds. The molecule has 0 atom stereocenters. The number of benzene rings is 1. The first-order chi connectivity index (χ1) is 8.91. The average molecular weight is 272 g/mol. The number of hydrogen-bond acceptors (Lipinski definition) is 2. The van der Waals surface area contributed by atoms with Crippen molar-refractivity contribution in [3.05, 3.63) is 23.8 Å². The van der Waals surface area contributed by atoms with Gasteiger partial charge >= 0.3 is 6.18 Å². The van der Waals surface area contributed by atoms with Gasteiger partial charge in [-0.1, -0.05) is 13.0 Å². The normalized spacial score (nSPS) is 17.8. The van der Waals surface area contributed by atoms with E-state index in [1.54, 1.807) is 0 Å². The standard InChI is InChI=1S/C14H19F3N2/c1-2-10-3-4-13(12(18)9-10)19-7-5-11(6-8-19)14(15,16)17/h3-4,9,11H,2,5-8,18H2,1H3. The Morgan fingerprint density at radius 1 is 1.26 bits per heavy atom. The lowest BCUT2D eigenvalue weighted by molar-refractivity contribution is -0.179. The van der Waals surface area contributed by atoms with Crippen LogP contribution in [0.2, 0.25) is 0 Å². The number of rotatable bonds is 2. The predicted molar refractivity (Wildman–Crippen MR) is 71.2 cm³/mol. The van der Waals surface area contributed by atoms with E-state index in [0.717, 1.165) is 17.7 Å². The first-order valence-electron chi connectivity index (χ1n) is 6.62. The second-order valence-electron chi connectivity index (χ2n) is 5.05. The molecule has 106 valence electrons. The van der Waals surface area contributed by atoms with Crippen molar-refractivity contribution in [1.82, 2.24) is 0 Å². The van der Waals surface area contributed by atoms with Gasteiger partial charge in [0, 0.05) is 13.1 Å². The van der Waals surface area contributed by atoms with Crippen molar-refractivity contribution < 1.29 is 13.2 Å². The fourth-order valence-corrected chi connectivity index (χ4v) is 2.56. The molecule has 1 aromatic rings. The molecule has 2 rings (SSSR count). The van der Waals surface area contributed by atoms with Gasteiger partial charge in [-0.15, -0.1) is 0 Å². The first kappa shape index (κ1) is 14.0. The molecule has 0 unspecified atom stereocenters. The highest BCUT2D eigenvalue weighted by Gasteiger charge is 2.41. The molecule has 1 fully saturated rings. The van der Waals surface area contributed by atoms with E-state index in [4.69, 9.17) is 5.73 Å². The topological polar surface area (TPSA) is 29.3 Å². The summed E-state index contributed by atoms with van der Waals surface area (Å²) in [4.78, 5) is 1.96. The smallest absolute Gasteiger partial charge is 0.391 e. The summed E-state index contributed by atoms with van der Waals surface area (Å²) >= 11 is 0. The average Bonchev–Trinajstić information content (AvgIpc) is 2.37. The van der Waals surface area contributed by atoms with Crippen LogP contribution < -0.4 is 10.6 Å². The van der Waals surface area contributed by atoms with Crippen molar-refractivity contribution in [3.63, 3.8) is 0 Å². The molecule has 0 spiro atoms. The summed E-state index contributed by atoms with van der Waals surface area (Å²) in [5.74, 6) is -1.17. The highest BCUT2D eigenvalue weighted by molar-refractivity contribution is 5.68. The molecule has 0 aliphatic carbocycles. The lowest BCUT2D eigenvalue weighted by atomic mass is 9.95. The Labute approximate surface area is 111 Å². The Bertz CT molecular complexity index is 435. The second-order valence-corrected chi connectivity index (χ2v) is 5.05. The Balaban J connectivity index is 2.06. The van der Waals surface area contributed by atoms with E-state index in [1.165, 1.54) is 0 Å². The molecule has 2 nitrogen and oxygen atoms in total. The quantitative estimate of drug-likeness (QED) is 0.833. The molecule has 1 heterocycles. The van der Waals surface area contributed by atoms with E-state index >= 15 is 0 Å². The SMILES string of the molecule is CCc1ccc(N2CCC(C(F)(F)F)CC2)c(N)c1. The molecule has 0 saturated carbocycles. The highest BCUT2D eigenvalue weighted by Crippen LogP contribution is 2.36. The van der Waals surface area contributed by atoms with Crippen molar-refractivity contribution in [3.8, 4) is 0 Å². The summed E-state index contributed by atoms with van der Waals surface area (Å²) in [7, 11) is 0. The number of halogens is 3. The summed E-state index contributed by atoms with van der Waals surface area (Å²) in [6, 6.07) is 5.81. The molecule has 19 heavy (non-hydrogen) atoms. The van der Waals surface area contributed by atoms with Crippen LogP contribution in [0.5, 0.6) is 0 Å². The summed E-state index contributed by atoms with van der Waals surface area (Å²) in [5.41, 5.74) is 8.65. The van der Waals surface area contributed by atoms with E-state index in [1.807, 2.05) is 30.0 Å². The van der Waals surface area contributed by atoms with E-state index in [9.17, 15) is 13.2 Å². The second kappa shape index (κ2) is 5.31. The number of nitrogens with two attached hydrogens (primary N) is 1.